The Labute approximate surface area is 123 Å². The molecule has 5 nitrogen and oxygen atoms in total. The summed E-state index contributed by atoms with van der Waals surface area (Å²) in [4.78, 5) is 4.24. The molecule has 2 heterocycles. The minimum absolute atomic E-state index is 0.172. The molecule has 0 saturated heterocycles. The van der Waals surface area contributed by atoms with Gasteiger partial charge in [0.1, 0.15) is 12.1 Å². The van der Waals surface area contributed by atoms with Gasteiger partial charge in [-0.3, -0.25) is 0 Å². The molecule has 2 aromatic heterocycles. The van der Waals surface area contributed by atoms with Crippen LogP contribution < -0.4 is 11.1 Å². The fourth-order valence-corrected chi connectivity index (χ4v) is 2.41. The molecule has 1 aromatic carbocycles. The summed E-state index contributed by atoms with van der Waals surface area (Å²) in [6.45, 7) is 4.75. The van der Waals surface area contributed by atoms with Crippen LogP contribution in [0.2, 0.25) is 0 Å². The first-order chi connectivity index (χ1) is 10.2. The van der Waals surface area contributed by atoms with Crippen molar-refractivity contribution in [2.75, 3.05) is 5.32 Å². The minimum atomic E-state index is 0.172. The molecule has 5 heteroatoms. The molecule has 0 bridgehead atoms. The van der Waals surface area contributed by atoms with Crippen molar-refractivity contribution in [3.8, 4) is 0 Å². The fraction of sp³-hybridized carbons (Fsp3) is 0.250. The van der Waals surface area contributed by atoms with Gasteiger partial charge in [-0.05, 0) is 42.7 Å². The standard InChI is InChI=1S/C16H19N5/c1-11-7-15-18-10-19-21(15)16(8-11)20-12(2)14-5-3-13(9-17)4-6-14/h3-8,10,12,20H,9,17H2,1-2H3. The van der Waals surface area contributed by atoms with Crippen LogP contribution in [-0.4, -0.2) is 14.6 Å². The molecule has 3 N–H and O–H groups in total. The Morgan fingerprint density at radius 1 is 1.24 bits per heavy atom. The molecule has 3 rings (SSSR count). The summed E-state index contributed by atoms with van der Waals surface area (Å²) >= 11 is 0. The Kier molecular flexibility index (Phi) is 3.58. The third-order valence-electron chi connectivity index (χ3n) is 3.60. The van der Waals surface area contributed by atoms with Crippen LogP contribution in [-0.2, 0) is 6.54 Å². The summed E-state index contributed by atoms with van der Waals surface area (Å²) in [5, 5.41) is 7.76. The average molecular weight is 281 g/mol. The van der Waals surface area contributed by atoms with Gasteiger partial charge in [0.05, 0.1) is 0 Å². The van der Waals surface area contributed by atoms with Crippen molar-refractivity contribution in [3.05, 3.63) is 59.4 Å². The molecule has 3 aromatic rings. The predicted molar refractivity (Wildman–Crippen MR) is 84.1 cm³/mol. The first-order valence-electron chi connectivity index (χ1n) is 7.03. The van der Waals surface area contributed by atoms with E-state index >= 15 is 0 Å². The topological polar surface area (TPSA) is 68.2 Å². The highest BCUT2D eigenvalue weighted by molar-refractivity contribution is 5.52. The number of hydrogen-bond acceptors (Lipinski definition) is 4. The maximum atomic E-state index is 5.63. The first-order valence-corrected chi connectivity index (χ1v) is 7.03. The molecule has 108 valence electrons. The second-order valence-corrected chi connectivity index (χ2v) is 5.26. The van der Waals surface area contributed by atoms with E-state index in [1.54, 1.807) is 6.33 Å². The molecule has 0 saturated carbocycles. The van der Waals surface area contributed by atoms with Crippen molar-refractivity contribution in [2.24, 2.45) is 5.73 Å². The van der Waals surface area contributed by atoms with Gasteiger partial charge in [0.25, 0.3) is 0 Å². The van der Waals surface area contributed by atoms with E-state index in [9.17, 15) is 0 Å². The highest BCUT2D eigenvalue weighted by atomic mass is 15.3. The van der Waals surface area contributed by atoms with Crippen LogP contribution in [0.1, 0.15) is 29.7 Å². The Bertz CT molecular complexity index is 745. The van der Waals surface area contributed by atoms with Gasteiger partial charge in [0, 0.05) is 12.6 Å². The molecular weight excluding hydrogens is 262 g/mol. The van der Waals surface area contributed by atoms with Crippen molar-refractivity contribution in [1.82, 2.24) is 14.6 Å². The van der Waals surface area contributed by atoms with Gasteiger partial charge in [0.15, 0.2) is 5.65 Å². The first kappa shape index (κ1) is 13.6. The lowest BCUT2D eigenvalue weighted by Crippen LogP contribution is -2.11. The molecular formula is C16H19N5. The average Bonchev–Trinajstić information content (AvgIpc) is 2.95. The van der Waals surface area contributed by atoms with Gasteiger partial charge < -0.3 is 11.1 Å². The number of rotatable bonds is 4. The summed E-state index contributed by atoms with van der Waals surface area (Å²) in [5.41, 5.74) is 9.99. The van der Waals surface area contributed by atoms with E-state index in [1.165, 1.54) is 5.56 Å². The third kappa shape index (κ3) is 2.73. The van der Waals surface area contributed by atoms with Crippen LogP contribution in [0.15, 0.2) is 42.7 Å². The molecule has 1 unspecified atom stereocenters. The number of anilines is 1. The number of fused-ring (bicyclic) bond motifs is 1. The Hall–Kier alpha value is -2.40. The van der Waals surface area contributed by atoms with E-state index in [-0.39, 0.29) is 6.04 Å². The molecule has 0 radical (unpaired) electrons. The summed E-state index contributed by atoms with van der Waals surface area (Å²) in [6.07, 6.45) is 1.57. The number of aromatic nitrogens is 3. The largest absolute Gasteiger partial charge is 0.363 e. The van der Waals surface area contributed by atoms with Crippen LogP contribution in [0.3, 0.4) is 0 Å². The lowest BCUT2D eigenvalue weighted by Gasteiger charge is -2.17. The highest BCUT2D eigenvalue weighted by Crippen LogP contribution is 2.21. The Balaban J connectivity index is 1.88. The van der Waals surface area contributed by atoms with Crippen LogP contribution in [0.4, 0.5) is 5.82 Å². The van der Waals surface area contributed by atoms with E-state index in [4.69, 9.17) is 5.73 Å². The quantitative estimate of drug-likeness (QED) is 0.771. The van der Waals surface area contributed by atoms with E-state index in [1.807, 2.05) is 10.6 Å². The van der Waals surface area contributed by atoms with Crippen molar-refractivity contribution in [2.45, 2.75) is 26.4 Å². The van der Waals surface area contributed by atoms with Crippen molar-refractivity contribution < 1.29 is 0 Å². The number of nitrogens with zero attached hydrogens (tertiary/aromatic N) is 3. The fourth-order valence-electron chi connectivity index (χ4n) is 2.41. The second-order valence-electron chi connectivity index (χ2n) is 5.26. The second kappa shape index (κ2) is 5.54. The summed E-state index contributed by atoms with van der Waals surface area (Å²) in [5.74, 6) is 0.943. The number of benzene rings is 1. The molecule has 0 aliphatic carbocycles. The van der Waals surface area contributed by atoms with Gasteiger partial charge in [0.2, 0.25) is 0 Å². The van der Waals surface area contributed by atoms with E-state index < -0.39 is 0 Å². The van der Waals surface area contributed by atoms with Gasteiger partial charge in [-0.1, -0.05) is 24.3 Å². The lowest BCUT2D eigenvalue weighted by molar-refractivity contribution is 0.844. The third-order valence-corrected chi connectivity index (χ3v) is 3.60. The highest BCUT2D eigenvalue weighted by Gasteiger charge is 2.09. The zero-order valence-electron chi connectivity index (χ0n) is 12.2. The van der Waals surface area contributed by atoms with Crippen LogP contribution in [0, 0.1) is 6.92 Å². The van der Waals surface area contributed by atoms with Gasteiger partial charge >= 0.3 is 0 Å². The van der Waals surface area contributed by atoms with Crippen molar-refractivity contribution in [3.63, 3.8) is 0 Å². The van der Waals surface area contributed by atoms with Crippen LogP contribution in [0.5, 0.6) is 0 Å². The van der Waals surface area contributed by atoms with Crippen molar-refractivity contribution >= 4 is 11.5 Å². The summed E-state index contributed by atoms with van der Waals surface area (Å²) in [6, 6.07) is 12.6. The van der Waals surface area contributed by atoms with Crippen LogP contribution >= 0.6 is 0 Å². The molecule has 0 amide bonds. The normalized spacial score (nSPS) is 12.5. The van der Waals surface area contributed by atoms with Crippen molar-refractivity contribution in [1.29, 1.82) is 0 Å². The monoisotopic (exact) mass is 281 g/mol. The minimum Gasteiger partial charge on any atom is -0.363 e. The summed E-state index contributed by atoms with van der Waals surface area (Å²) < 4.78 is 1.82. The summed E-state index contributed by atoms with van der Waals surface area (Å²) in [7, 11) is 0. The number of nitrogens with two attached hydrogens (primary N) is 1. The Morgan fingerprint density at radius 3 is 2.71 bits per heavy atom. The number of nitrogens with one attached hydrogen (secondary N) is 1. The SMILES string of the molecule is Cc1cc(NC(C)c2ccc(CN)cc2)n2ncnc2c1. The molecule has 0 spiro atoms. The number of pyridine rings is 1. The molecule has 1 atom stereocenters. The van der Waals surface area contributed by atoms with E-state index in [2.05, 4.69) is 59.6 Å². The predicted octanol–water partition coefficient (Wildman–Crippen LogP) is 2.67. The maximum Gasteiger partial charge on any atom is 0.157 e. The van der Waals surface area contributed by atoms with Crippen LogP contribution in [0.25, 0.3) is 5.65 Å². The number of hydrogen-bond donors (Lipinski definition) is 2. The zero-order valence-corrected chi connectivity index (χ0v) is 12.2. The lowest BCUT2D eigenvalue weighted by atomic mass is 10.1. The van der Waals surface area contributed by atoms with Gasteiger partial charge in [-0.2, -0.15) is 9.61 Å². The smallest absolute Gasteiger partial charge is 0.157 e. The molecule has 21 heavy (non-hydrogen) atoms. The Morgan fingerprint density at radius 2 is 2.00 bits per heavy atom. The number of aryl methyl sites for hydroxylation is 1. The molecule has 0 aliphatic heterocycles. The van der Waals surface area contributed by atoms with E-state index in [0.29, 0.717) is 6.54 Å². The van der Waals surface area contributed by atoms with Gasteiger partial charge in [-0.25, -0.2) is 4.98 Å². The maximum absolute atomic E-state index is 5.63. The molecule has 0 aliphatic rings. The zero-order chi connectivity index (χ0) is 14.8. The van der Waals surface area contributed by atoms with E-state index in [0.717, 1.165) is 22.6 Å². The van der Waals surface area contributed by atoms with Gasteiger partial charge in [-0.15, -0.1) is 0 Å². The molecule has 0 fully saturated rings.